The summed E-state index contributed by atoms with van der Waals surface area (Å²) in [5.74, 6) is -2.75. The van der Waals surface area contributed by atoms with Gasteiger partial charge in [-0.15, -0.1) is 11.3 Å². The number of aliphatic imine (C=N–C) groups is 1. The number of anilines is 1. The van der Waals surface area contributed by atoms with Gasteiger partial charge in [0.15, 0.2) is 11.5 Å². The van der Waals surface area contributed by atoms with E-state index >= 15 is 0 Å². The molecule has 2 aromatic carbocycles. The number of nitrogens with one attached hydrogen (secondary N) is 1. The largest absolute Gasteiger partial charge is 0.507 e. The number of carbonyl (C=O) groups is 3. The van der Waals surface area contributed by atoms with Crippen molar-refractivity contribution in [2.75, 3.05) is 24.5 Å². The minimum absolute atomic E-state index is 0.0288. The molecule has 0 amide bonds. The summed E-state index contributed by atoms with van der Waals surface area (Å²) in [6.45, 7) is 14.2. The van der Waals surface area contributed by atoms with Crippen molar-refractivity contribution >= 4 is 46.7 Å². The van der Waals surface area contributed by atoms with Gasteiger partial charge >= 0.3 is 11.9 Å². The van der Waals surface area contributed by atoms with Crippen LogP contribution in [0.3, 0.4) is 0 Å². The third-order valence-corrected chi connectivity index (χ3v) is 8.82. The Morgan fingerprint density at radius 3 is 2.15 bits per heavy atom. The molecule has 11 heteroatoms. The van der Waals surface area contributed by atoms with Crippen LogP contribution in [0.4, 0.5) is 5.69 Å². The van der Waals surface area contributed by atoms with Crippen molar-refractivity contribution in [3.05, 3.63) is 87.3 Å². The number of piperazine rings is 1. The van der Waals surface area contributed by atoms with Crippen molar-refractivity contribution in [2.24, 2.45) is 10.7 Å². The third-order valence-electron chi connectivity index (χ3n) is 7.86. The number of nitrogens with two attached hydrogens (primary N) is 1. The predicted molar refractivity (Wildman–Crippen MR) is 187 cm³/mol. The molecule has 0 radical (unpaired) electrons. The van der Waals surface area contributed by atoms with Crippen LogP contribution in [0.5, 0.6) is 5.75 Å². The third kappa shape index (κ3) is 8.55. The Morgan fingerprint density at radius 1 is 0.979 bits per heavy atom. The van der Waals surface area contributed by atoms with E-state index in [0.717, 1.165) is 40.0 Å². The second-order valence-corrected chi connectivity index (χ2v) is 14.4. The number of amidine groups is 1. The van der Waals surface area contributed by atoms with Crippen LogP contribution in [-0.4, -0.2) is 64.6 Å². The Hall–Kier alpha value is -4.74. The lowest BCUT2D eigenvalue weighted by Gasteiger charge is -2.36. The smallest absolute Gasteiger partial charge is 0.354 e. The molecule has 1 aliphatic rings. The number of rotatable bonds is 9. The average molecular weight is 659 g/mol. The number of benzene rings is 2. The van der Waals surface area contributed by atoms with E-state index in [1.807, 2.05) is 47.9 Å². The molecule has 1 aliphatic heterocycles. The highest BCUT2D eigenvalue weighted by molar-refractivity contribution is 7.12. The van der Waals surface area contributed by atoms with E-state index in [1.165, 1.54) is 11.3 Å². The Bertz CT molecular complexity index is 1720. The van der Waals surface area contributed by atoms with E-state index in [4.69, 9.17) is 10.8 Å². The number of carbonyl (C=O) groups excluding carboxylic acids is 1. The van der Waals surface area contributed by atoms with Gasteiger partial charge in [-0.1, -0.05) is 59.8 Å². The lowest BCUT2D eigenvalue weighted by Crippen LogP contribution is -2.54. The van der Waals surface area contributed by atoms with Gasteiger partial charge < -0.3 is 31.3 Å². The monoisotopic (exact) mass is 658 g/mol. The highest BCUT2D eigenvalue weighted by Gasteiger charge is 2.29. The van der Waals surface area contributed by atoms with Crippen LogP contribution in [0, 0.1) is 0 Å². The summed E-state index contributed by atoms with van der Waals surface area (Å²) in [4.78, 5) is 42.2. The fourth-order valence-electron chi connectivity index (χ4n) is 5.36. The number of ketones is 1. The first-order valence-electron chi connectivity index (χ1n) is 15.2. The first kappa shape index (κ1) is 35.1. The number of carboxylic acid groups (broad SMARTS) is 2. The lowest BCUT2D eigenvalue weighted by atomic mass is 9.78. The maximum Gasteiger partial charge on any atom is 0.354 e. The van der Waals surface area contributed by atoms with Crippen molar-refractivity contribution in [1.29, 1.82) is 0 Å². The van der Waals surface area contributed by atoms with Crippen molar-refractivity contribution in [3.63, 3.8) is 0 Å². The summed E-state index contributed by atoms with van der Waals surface area (Å²) in [7, 11) is 0. The van der Waals surface area contributed by atoms with Crippen LogP contribution in [0.1, 0.15) is 63.1 Å². The summed E-state index contributed by atoms with van der Waals surface area (Å²) in [5, 5.41) is 34.4. The normalized spacial score (nSPS) is 16.5. The van der Waals surface area contributed by atoms with E-state index in [-0.39, 0.29) is 22.4 Å². The number of phenols is 1. The van der Waals surface area contributed by atoms with Crippen LogP contribution in [0.15, 0.2) is 70.7 Å². The molecule has 1 fully saturated rings. The molecule has 248 valence electrons. The molecule has 1 unspecified atom stereocenters. The first-order valence-corrected chi connectivity index (χ1v) is 16.1. The maximum atomic E-state index is 13.6. The quantitative estimate of drug-likeness (QED) is 0.113. The molecule has 0 aliphatic carbocycles. The Balaban J connectivity index is 1.55. The predicted octanol–water partition coefficient (Wildman–Crippen LogP) is 5.53. The minimum Gasteiger partial charge on any atom is -0.507 e. The number of carboxylic acids is 2. The topological polar surface area (TPSA) is 166 Å². The van der Waals surface area contributed by atoms with E-state index in [9.17, 15) is 24.6 Å². The molecule has 0 bridgehead atoms. The zero-order valence-corrected chi connectivity index (χ0v) is 28.3. The Labute approximate surface area is 279 Å². The number of aliphatic carboxylic acids is 2. The summed E-state index contributed by atoms with van der Waals surface area (Å²) in [6, 6.07) is 13.1. The molecule has 0 spiro atoms. The van der Waals surface area contributed by atoms with Gasteiger partial charge in [-0.25, -0.2) is 14.6 Å². The summed E-state index contributed by atoms with van der Waals surface area (Å²) < 4.78 is 0. The number of hydrogen-bond acceptors (Lipinski definition) is 8. The highest BCUT2D eigenvalue weighted by atomic mass is 32.1. The minimum atomic E-state index is -1.49. The van der Waals surface area contributed by atoms with Gasteiger partial charge in [-0.2, -0.15) is 0 Å². The van der Waals surface area contributed by atoms with Gasteiger partial charge in [0.25, 0.3) is 0 Å². The second-order valence-electron chi connectivity index (χ2n) is 13.5. The molecule has 47 heavy (non-hydrogen) atoms. The number of aromatic hydroxyl groups is 1. The molecule has 2 heterocycles. The molecule has 4 rings (SSSR count). The van der Waals surface area contributed by atoms with Gasteiger partial charge in [0, 0.05) is 36.4 Å². The molecular weight excluding hydrogens is 616 g/mol. The van der Waals surface area contributed by atoms with Gasteiger partial charge in [-0.05, 0) is 69.3 Å². The standard InChI is InChI=1S/C36H42N4O6S/c1-35(2,3)25-15-21(16-26(32(25)44)36(4,5)6)7-12-29(41)28-19-38-13-14-40(28)24-10-8-22(9-11-24)23-17-30(47-20-23)33(37)39-27(34(45)46)18-31(42)43/h7-12,15-18,20,28,38,44H,13-14,19H2,1-6H3,(H2,37,39)(H,42,43)(H,45,46)/b12-7?,27-18+. The molecule has 3 aromatic rings. The fraction of sp³-hybridized carbons (Fsp3) is 0.333. The zero-order valence-electron chi connectivity index (χ0n) is 27.5. The second kappa shape index (κ2) is 13.9. The molecule has 10 nitrogen and oxygen atoms in total. The van der Waals surface area contributed by atoms with E-state index < -0.39 is 23.7 Å². The molecule has 6 N–H and O–H groups in total. The van der Waals surface area contributed by atoms with Gasteiger partial charge in [-0.3, -0.25) is 4.79 Å². The summed E-state index contributed by atoms with van der Waals surface area (Å²) >= 11 is 1.26. The average Bonchev–Trinajstić information content (AvgIpc) is 3.49. The van der Waals surface area contributed by atoms with E-state index in [0.29, 0.717) is 29.8 Å². The van der Waals surface area contributed by atoms with Crippen LogP contribution in [0.25, 0.3) is 17.2 Å². The Morgan fingerprint density at radius 2 is 1.60 bits per heavy atom. The Kier molecular flexibility index (Phi) is 10.4. The lowest BCUT2D eigenvalue weighted by molar-refractivity contribution is -0.135. The molecular formula is C36H42N4O6S. The van der Waals surface area contributed by atoms with Crippen LogP contribution >= 0.6 is 11.3 Å². The summed E-state index contributed by atoms with van der Waals surface area (Å²) in [5.41, 5.74) is 9.93. The van der Waals surface area contributed by atoms with Crippen LogP contribution < -0.4 is 16.0 Å². The van der Waals surface area contributed by atoms with Crippen LogP contribution in [0.2, 0.25) is 0 Å². The molecule has 1 saturated heterocycles. The van der Waals surface area contributed by atoms with Crippen LogP contribution in [-0.2, 0) is 25.2 Å². The number of nitrogens with zero attached hydrogens (tertiary/aromatic N) is 2. The molecule has 0 saturated carbocycles. The van der Waals surface area contributed by atoms with E-state index in [2.05, 4.69) is 56.8 Å². The number of thiophene rings is 1. The SMILES string of the molecule is CC(C)(C)c1cc(C=CC(=O)C2CNCCN2c2ccc(-c3csc(C(N)=N/C(=C/C(=O)O)C(=O)O)c3)cc2)cc(C(C)(C)C)c1O. The molecule has 1 aromatic heterocycles. The van der Waals surface area contributed by atoms with Crippen molar-refractivity contribution in [2.45, 2.75) is 58.4 Å². The fourth-order valence-corrected chi connectivity index (χ4v) is 6.18. The first-order chi connectivity index (χ1) is 22.0. The van der Waals surface area contributed by atoms with Gasteiger partial charge in [0.05, 0.1) is 11.0 Å². The number of phenolic OH excluding ortho intramolecular Hbond substituents is 1. The van der Waals surface area contributed by atoms with Gasteiger partial charge in [0.1, 0.15) is 17.6 Å². The van der Waals surface area contributed by atoms with Crippen molar-refractivity contribution in [3.8, 4) is 16.9 Å². The van der Waals surface area contributed by atoms with E-state index in [1.54, 1.807) is 12.1 Å². The number of hydrogen-bond donors (Lipinski definition) is 5. The summed E-state index contributed by atoms with van der Waals surface area (Å²) in [6.07, 6.45) is 3.96. The highest BCUT2D eigenvalue weighted by Crippen LogP contribution is 2.40. The maximum absolute atomic E-state index is 13.6. The van der Waals surface area contributed by atoms with Crippen molar-refractivity contribution in [1.82, 2.24) is 5.32 Å². The zero-order chi connectivity index (χ0) is 34.7. The van der Waals surface area contributed by atoms with Gasteiger partial charge in [0.2, 0.25) is 0 Å². The molecule has 1 atom stereocenters. The van der Waals surface area contributed by atoms with Crippen molar-refractivity contribution < 1.29 is 29.7 Å².